The predicted octanol–water partition coefficient (Wildman–Crippen LogP) is -0.920. The van der Waals surface area contributed by atoms with E-state index in [-0.39, 0.29) is 18.9 Å². The van der Waals surface area contributed by atoms with Crippen LogP contribution < -0.4 is 11.1 Å². The lowest BCUT2D eigenvalue weighted by Crippen LogP contribution is -2.18. The smallest absolute Gasteiger partial charge is 0.222 e. The van der Waals surface area contributed by atoms with Crippen molar-refractivity contribution < 1.29 is 9.90 Å². The van der Waals surface area contributed by atoms with Crippen LogP contribution in [0.2, 0.25) is 0 Å². The maximum Gasteiger partial charge on any atom is 0.222 e. The van der Waals surface area contributed by atoms with E-state index in [4.69, 9.17) is 10.8 Å². The standard InChI is InChI=1S/C4H9NO2.C2H7N/c1-5-4(7)2-3-6;1-2-3/h6H,2-3H2,1H3,(H,5,7);2-3H2,1H3. The van der Waals surface area contributed by atoms with Crippen molar-refractivity contribution in [3.05, 3.63) is 0 Å². The Hall–Kier alpha value is -0.610. The van der Waals surface area contributed by atoms with E-state index in [9.17, 15) is 4.79 Å². The Morgan fingerprint density at radius 2 is 2.10 bits per heavy atom. The predicted molar refractivity (Wildman–Crippen MR) is 40.5 cm³/mol. The molecule has 0 aromatic heterocycles. The van der Waals surface area contributed by atoms with Crippen molar-refractivity contribution in [2.45, 2.75) is 13.3 Å². The second kappa shape index (κ2) is 11.2. The van der Waals surface area contributed by atoms with Gasteiger partial charge >= 0.3 is 0 Å². The van der Waals surface area contributed by atoms with Gasteiger partial charge in [-0.25, -0.2) is 0 Å². The molecule has 0 heterocycles. The molecular weight excluding hydrogens is 132 g/mol. The van der Waals surface area contributed by atoms with Crippen LogP contribution in [0, 0.1) is 0 Å². The highest BCUT2D eigenvalue weighted by Gasteiger charge is 1.90. The molecule has 4 N–H and O–H groups in total. The summed E-state index contributed by atoms with van der Waals surface area (Å²) in [5.41, 5.74) is 4.85. The molecule has 0 aliphatic carbocycles. The van der Waals surface area contributed by atoms with E-state index in [1.165, 1.54) is 7.05 Å². The number of hydrogen-bond acceptors (Lipinski definition) is 3. The zero-order valence-corrected chi connectivity index (χ0v) is 6.55. The number of amides is 1. The van der Waals surface area contributed by atoms with Crippen LogP contribution in [0.3, 0.4) is 0 Å². The Kier molecular flexibility index (Phi) is 13.6. The van der Waals surface area contributed by atoms with E-state index in [2.05, 4.69) is 5.32 Å². The van der Waals surface area contributed by atoms with Crippen LogP contribution in [-0.2, 0) is 4.79 Å². The Balaban J connectivity index is 0. The minimum Gasteiger partial charge on any atom is -0.396 e. The van der Waals surface area contributed by atoms with Crippen molar-refractivity contribution in [1.29, 1.82) is 0 Å². The van der Waals surface area contributed by atoms with E-state index in [0.29, 0.717) is 0 Å². The molecule has 0 spiro atoms. The minimum atomic E-state index is -0.123. The van der Waals surface area contributed by atoms with Gasteiger partial charge in [-0.15, -0.1) is 0 Å². The fraction of sp³-hybridized carbons (Fsp3) is 0.833. The van der Waals surface area contributed by atoms with Crippen molar-refractivity contribution in [2.24, 2.45) is 5.73 Å². The number of carbonyl (C=O) groups is 1. The quantitative estimate of drug-likeness (QED) is 0.474. The normalized spacial score (nSPS) is 7.60. The van der Waals surface area contributed by atoms with Gasteiger partial charge in [-0.05, 0) is 6.54 Å². The second-order valence-corrected chi connectivity index (χ2v) is 1.56. The molecule has 10 heavy (non-hydrogen) atoms. The summed E-state index contributed by atoms with van der Waals surface area (Å²) >= 11 is 0. The number of rotatable bonds is 2. The highest BCUT2D eigenvalue weighted by Crippen LogP contribution is 1.71. The first-order valence-electron chi connectivity index (χ1n) is 3.24. The van der Waals surface area contributed by atoms with Crippen LogP contribution in [0.5, 0.6) is 0 Å². The van der Waals surface area contributed by atoms with Crippen molar-refractivity contribution in [1.82, 2.24) is 5.32 Å². The number of aliphatic hydroxyl groups excluding tert-OH is 1. The molecule has 0 aromatic carbocycles. The minimum absolute atomic E-state index is 0.0698. The molecule has 0 saturated carbocycles. The largest absolute Gasteiger partial charge is 0.396 e. The topological polar surface area (TPSA) is 75.3 Å². The van der Waals surface area contributed by atoms with Gasteiger partial charge in [-0.1, -0.05) is 6.92 Å². The molecule has 1 amide bonds. The maximum absolute atomic E-state index is 10.1. The lowest BCUT2D eigenvalue weighted by atomic mass is 10.4. The van der Waals surface area contributed by atoms with E-state index in [0.717, 1.165) is 6.54 Å². The van der Waals surface area contributed by atoms with E-state index >= 15 is 0 Å². The summed E-state index contributed by atoms with van der Waals surface area (Å²) in [6.07, 6.45) is 0.205. The molecule has 0 atom stereocenters. The first-order chi connectivity index (χ1) is 4.72. The van der Waals surface area contributed by atoms with E-state index in [1.54, 1.807) is 0 Å². The van der Waals surface area contributed by atoms with Crippen LogP contribution in [0.25, 0.3) is 0 Å². The summed E-state index contributed by atoms with van der Waals surface area (Å²) in [6.45, 7) is 2.58. The van der Waals surface area contributed by atoms with Crippen LogP contribution >= 0.6 is 0 Å². The van der Waals surface area contributed by atoms with E-state index in [1.807, 2.05) is 6.92 Å². The monoisotopic (exact) mass is 148 g/mol. The summed E-state index contributed by atoms with van der Waals surface area (Å²) < 4.78 is 0. The Morgan fingerprint density at radius 3 is 2.20 bits per heavy atom. The SMILES string of the molecule is CCN.CNC(=O)CCO. The molecular formula is C6H16N2O2. The van der Waals surface area contributed by atoms with Gasteiger partial charge in [0.2, 0.25) is 5.91 Å². The summed E-state index contributed by atoms with van der Waals surface area (Å²) in [6, 6.07) is 0. The molecule has 4 nitrogen and oxygen atoms in total. The van der Waals surface area contributed by atoms with Crippen LogP contribution in [-0.4, -0.2) is 31.2 Å². The van der Waals surface area contributed by atoms with Gasteiger partial charge in [0, 0.05) is 13.5 Å². The molecule has 62 valence electrons. The Bertz CT molecular complexity index is 76.1. The lowest BCUT2D eigenvalue weighted by molar-refractivity contribution is -0.121. The summed E-state index contributed by atoms with van der Waals surface area (Å²) in [7, 11) is 1.54. The first-order valence-corrected chi connectivity index (χ1v) is 3.24. The highest BCUT2D eigenvalue weighted by atomic mass is 16.3. The first kappa shape index (κ1) is 12.1. The average Bonchev–Trinajstić information content (AvgIpc) is 1.90. The van der Waals surface area contributed by atoms with Crippen molar-refractivity contribution in [3.63, 3.8) is 0 Å². The van der Waals surface area contributed by atoms with Gasteiger partial charge < -0.3 is 16.2 Å². The summed E-state index contributed by atoms with van der Waals surface area (Å²) in [5, 5.41) is 10.5. The highest BCUT2D eigenvalue weighted by molar-refractivity contribution is 5.75. The lowest BCUT2D eigenvalue weighted by Gasteiger charge is -1.91. The number of nitrogens with one attached hydrogen (secondary N) is 1. The van der Waals surface area contributed by atoms with Crippen molar-refractivity contribution in [2.75, 3.05) is 20.2 Å². The van der Waals surface area contributed by atoms with Gasteiger partial charge in [-0.2, -0.15) is 0 Å². The molecule has 0 fully saturated rings. The molecule has 4 heteroatoms. The fourth-order valence-corrected chi connectivity index (χ4v) is 0.227. The fourth-order valence-electron chi connectivity index (χ4n) is 0.227. The molecule has 0 aliphatic rings. The van der Waals surface area contributed by atoms with Gasteiger partial charge in [0.05, 0.1) is 6.61 Å². The summed E-state index contributed by atoms with van der Waals surface area (Å²) in [5.74, 6) is -0.123. The van der Waals surface area contributed by atoms with Gasteiger partial charge in [0.1, 0.15) is 0 Å². The second-order valence-electron chi connectivity index (χ2n) is 1.56. The number of hydrogen-bond donors (Lipinski definition) is 3. The number of aliphatic hydroxyl groups is 1. The van der Waals surface area contributed by atoms with E-state index < -0.39 is 0 Å². The number of carbonyl (C=O) groups excluding carboxylic acids is 1. The maximum atomic E-state index is 10.1. The molecule has 0 rings (SSSR count). The molecule has 0 unspecified atom stereocenters. The molecule has 0 bridgehead atoms. The Morgan fingerprint density at radius 1 is 1.70 bits per heavy atom. The molecule has 0 aromatic rings. The third-order valence-electron chi connectivity index (χ3n) is 0.618. The van der Waals surface area contributed by atoms with Crippen LogP contribution in [0.1, 0.15) is 13.3 Å². The third-order valence-corrected chi connectivity index (χ3v) is 0.618. The number of nitrogens with two attached hydrogens (primary N) is 1. The van der Waals surface area contributed by atoms with Crippen LogP contribution in [0.4, 0.5) is 0 Å². The zero-order chi connectivity index (χ0) is 8.41. The van der Waals surface area contributed by atoms with Gasteiger partial charge in [0.25, 0.3) is 0 Å². The zero-order valence-electron chi connectivity index (χ0n) is 6.55. The van der Waals surface area contributed by atoms with Crippen molar-refractivity contribution >= 4 is 5.91 Å². The molecule has 0 saturated heterocycles. The third kappa shape index (κ3) is 15.7. The van der Waals surface area contributed by atoms with Crippen molar-refractivity contribution in [3.8, 4) is 0 Å². The average molecular weight is 148 g/mol. The molecule has 0 radical (unpaired) electrons. The summed E-state index contributed by atoms with van der Waals surface area (Å²) in [4.78, 5) is 10.1. The van der Waals surface area contributed by atoms with Gasteiger partial charge in [-0.3, -0.25) is 4.79 Å². The Labute approximate surface area is 61.4 Å². The van der Waals surface area contributed by atoms with Crippen LogP contribution in [0.15, 0.2) is 0 Å². The van der Waals surface area contributed by atoms with Gasteiger partial charge in [0.15, 0.2) is 0 Å². The molecule has 0 aliphatic heterocycles.